The molecule has 3 heterocycles. The highest BCUT2D eigenvalue weighted by molar-refractivity contribution is 7.99. The van der Waals surface area contributed by atoms with E-state index in [-0.39, 0.29) is 11.7 Å². The largest absolute Gasteiger partial charge is 0.316 e. The number of hydrogen-bond acceptors (Lipinski definition) is 7. The van der Waals surface area contributed by atoms with Gasteiger partial charge in [-0.1, -0.05) is 30.3 Å². The van der Waals surface area contributed by atoms with Gasteiger partial charge in [-0.2, -0.15) is 5.26 Å². The van der Waals surface area contributed by atoms with Gasteiger partial charge in [0.1, 0.15) is 11.1 Å². The summed E-state index contributed by atoms with van der Waals surface area (Å²) in [6.07, 6.45) is 7.16. The van der Waals surface area contributed by atoms with Crippen molar-refractivity contribution in [2.75, 3.05) is 11.1 Å². The average molecular weight is 456 g/mol. The number of nitrogens with zero attached hydrogens (tertiary/aromatic N) is 4. The number of aryl methyl sites for hydroxylation is 1. The number of thioether (sulfide) groups is 1. The summed E-state index contributed by atoms with van der Waals surface area (Å²) in [7, 11) is 0. The quantitative estimate of drug-likeness (QED) is 0.303. The second-order valence-electron chi connectivity index (χ2n) is 6.90. The van der Waals surface area contributed by atoms with Gasteiger partial charge in [-0.25, -0.2) is 0 Å². The van der Waals surface area contributed by atoms with Gasteiger partial charge in [-0.15, -0.1) is 39.4 Å². The van der Waals surface area contributed by atoms with Gasteiger partial charge in [0, 0.05) is 11.4 Å². The van der Waals surface area contributed by atoms with E-state index in [4.69, 9.17) is 0 Å². The fraction of sp³-hybridized carbons (Fsp3) is 0.333. The maximum atomic E-state index is 12.6. The van der Waals surface area contributed by atoms with E-state index in [0.29, 0.717) is 22.3 Å². The molecule has 0 saturated carbocycles. The number of amides is 1. The number of nitrogens with one attached hydrogen (secondary N) is 1. The van der Waals surface area contributed by atoms with Crippen molar-refractivity contribution in [2.24, 2.45) is 0 Å². The number of anilines is 1. The summed E-state index contributed by atoms with van der Waals surface area (Å²) in [4.78, 5) is 14.9. The number of nitriles is 1. The summed E-state index contributed by atoms with van der Waals surface area (Å²) in [6.45, 7) is 4.39. The van der Waals surface area contributed by atoms with Gasteiger partial charge < -0.3 is 5.32 Å². The predicted octanol–water partition coefficient (Wildman–Crippen LogP) is 5.13. The normalized spacial score (nSPS) is 13.3. The molecule has 0 fully saturated rings. The summed E-state index contributed by atoms with van der Waals surface area (Å²) >= 11 is 4.49. The van der Waals surface area contributed by atoms with Crippen molar-refractivity contribution in [3.8, 4) is 16.8 Å². The zero-order valence-corrected chi connectivity index (χ0v) is 18.8. The Morgan fingerprint density at radius 3 is 3.00 bits per heavy atom. The van der Waals surface area contributed by atoms with E-state index in [0.717, 1.165) is 41.9 Å². The van der Waals surface area contributed by atoms with E-state index in [2.05, 4.69) is 28.2 Å². The minimum absolute atomic E-state index is 0.140. The predicted molar refractivity (Wildman–Crippen MR) is 123 cm³/mol. The van der Waals surface area contributed by atoms with Crippen LogP contribution in [0.5, 0.6) is 0 Å². The minimum Gasteiger partial charge on any atom is -0.316 e. The Morgan fingerprint density at radius 1 is 1.37 bits per heavy atom. The molecule has 154 valence electrons. The summed E-state index contributed by atoms with van der Waals surface area (Å²) in [5.41, 5.74) is 1.78. The highest BCUT2D eigenvalue weighted by Crippen LogP contribution is 2.37. The third kappa shape index (κ3) is 4.36. The molecule has 0 spiro atoms. The smallest absolute Gasteiger partial charge is 0.235 e. The van der Waals surface area contributed by atoms with Crippen LogP contribution in [-0.4, -0.2) is 26.4 Å². The number of allylic oxidation sites excluding steroid dienone is 1. The van der Waals surface area contributed by atoms with Crippen LogP contribution in [0.4, 0.5) is 5.00 Å². The molecule has 0 aromatic carbocycles. The second-order valence-corrected chi connectivity index (χ2v) is 9.90. The van der Waals surface area contributed by atoms with Crippen LogP contribution < -0.4 is 5.32 Å². The average Bonchev–Trinajstić information content (AvgIpc) is 3.43. The molecular weight excluding hydrogens is 434 g/mol. The minimum atomic E-state index is -0.140. The summed E-state index contributed by atoms with van der Waals surface area (Å²) in [6, 6.07) is 6.28. The molecule has 0 aliphatic heterocycles. The Labute approximate surface area is 187 Å². The van der Waals surface area contributed by atoms with Gasteiger partial charge >= 0.3 is 0 Å². The van der Waals surface area contributed by atoms with Crippen LogP contribution in [0.1, 0.15) is 35.3 Å². The molecule has 0 radical (unpaired) electrons. The van der Waals surface area contributed by atoms with E-state index >= 15 is 0 Å². The topological polar surface area (TPSA) is 83.6 Å². The van der Waals surface area contributed by atoms with Gasteiger partial charge in [0.25, 0.3) is 0 Å². The first-order chi connectivity index (χ1) is 14.7. The van der Waals surface area contributed by atoms with Gasteiger partial charge in [-0.3, -0.25) is 9.36 Å². The molecule has 30 heavy (non-hydrogen) atoms. The molecule has 9 heteroatoms. The molecule has 1 amide bonds. The van der Waals surface area contributed by atoms with E-state index < -0.39 is 0 Å². The molecule has 0 atom stereocenters. The maximum absolute atomic E-state index is 12.6. The molecule has 4 rings (SSSR count). The Morgan fingerprint density at radius 2 is 2.23 bits per heavy atom. The zero-order valence-electron chi connectivity index (χ0n) is 16.4. The molecule has 3 aromatic rings. The molecule has 0 unspecified atom stereocenters. The van der Waals surface area contributed by atoms with Crippen LogP contribution in [0.25, 0.3) is 10.7 Å². The van der Waals surface area contributed by atoms with Crippen molar-refractivity contribution in [3.05, 3.63) is 46.2 Å². The molecule has 0 saturated heterocycles. The van der Waals surface area contributed by atoms with Crippen LogP contribution in [0.2, 0.25) is 0 Å². The Bertz CT molecular complexity index is 1090. The van der Waals surface area contributed by atoms with Crippen molar-refractivity contribution < 1.29 is 4.79 Å². The molecule has 3 aromatic heterocycles. The second kappa shape index (κ2) is 9.60. The third-order valence-corrected chi connectivity index (χ3v) is 7.93. The summed E-state index contributed by atoms with van der Waals surface area (Å²) < 4.78 is 1.96. The van der Waals surface area contributed by atoms with Crippen molar-refractivity contribution in [1.29, 1.82) is 5.26 Å². The fourth-order valence-corrected chi connectivity index (χ4v) is 6.24. The molecular formula is C21H21N5OS3. The summed E-state index contributed by atoms with van der Waals surface area (Å²) in [5, 5.41) is 24.5. The molecule has 0 bridgehead atoms. The molecule has 1 aliphatic carbocycles. The lowest BCUT2D eigenvalue weighted by atomic mass is 10.1. The van der Waals surface area contributed by atoms with Gasteiger partial charge in [0.2, 0.25) is 5.91 Å². The number of fused-ring (bicyclic) bond motifs is 1. The highest BCUT2D eigenvalue weighted by Gasteiger charge is 2.21. The van der Waals surface area contributed by atoms with Crippen LogP contribution in [0, 0.1) is 11.3 Å². The van der Waals surface area contributed by atoms with Crippen LogP contribution in [0.3, 0.4) is 0 Å². The van der Waals surface area contributed by atoms with E-state index in [1.54, 1.807) is 28.7 Å². The first-order valence-corrected chi connectivity index (χ1v) is 12.4. The van der Waals surface area contributed by atoms with Crippen LogP contribution in [0.15, 0.2) is 35.3 Å². The Balaban J connectivity index is 1.46. The number of carbonyl (C=O) groups excluding carboxylic acids is 1. The number of aromatic nitrogens is 3. The zero-order chi connectivity index (χ0) is 20.9. The van der Waals surface area contributed by atoms with Crippen molar-refractivity contribution in [1.82, 2.24) is 14.8 Å². The lowest BCUT2D eigenvalue weighted by Gasteiger charge is -2.07. The number of carbonyl (C=O) groups is 1. The Kier molecular flexibility index (Phi) is 6.67. The van der Waals surface area contributed by atoms with Gasteiger partial charge in [0.15, 0.2) is 11.0 Å². The van der Waals surface area contributed by atoms with E-state index in [1.807, 2.05) is 22.1 Å². The van der Waals surface area contributed by atoms with Gasteiger partial charge in [-0.05, 0) is 42.7 Å². The standard InChI is InChI=1S/C21H21N5OS3/c1-2-10-26-19(17-9-6-11-28-17)24-25-21(26)29-13-18(27)23-20-15(12-22)14-7-4-3-5-8-16(14)30-20/h2,6,9,11H,1,3-5,7-8,10,13H2,(H,23,27). The molecule has 1 N–H and O–H groups in total. The first-order valence-electron chi connectivity index (χ1n) is 9.76. The molecule has 6 nitrogen and oxygen atoms in total. The number of hydrogen-bond donors (Lipinski definition) is 1. The first kappa shape index (κ1) is 20.8. The van der Waals surface area contributed by atoms with Gasteiger partial charge in [0.05, 0.1) is 16.2 Å². The third-order valence-electron chi connectivity index (χ3n) is 4.89. The van der Waals surface area contributed by atoms with Crippen LogP contribution in [-0.2, 0) is 24.2 Å². The van der Waals surface area contributed by atoms with E-state index in [1.165, 1.54) is 23.1 Å². The number of rotatable bonds is 7. The lowest BCUT2D eigenvalue weighted by Crippen LogP contribution is -2.14. The summed E-state index contributed by atoms with van der Waals surface area (Å²) in [5.74, 6) is 0.841. The monoisotopic (exact) mass is 455 g/mol. The van der Waals surface area contributed by atoms with Crippen molar-refractivity contribution in [2.45, 2.75) is 43.8 Å². The van der Waals surface area contributed by atoms with Crippen molar-refractivity contribution >= 4 is 45.3 Å². The SMILES string of the molecule is C=CCn1c(SCC(=O)Nc2sc3c(c2C#N)CCCCC3)nnc1-c1cccs1. The number of thiophene rings is 2. The fourth-order valence-electron chi connectivity index (χ4n) is 3.52. The Hall–Kier alpha value is -2.41. The maximum Gasteiger partial charge on any atom is 0.235 e. The van der Waals surface area contributed by atoms with E-state index in [9.17, 15) is 10.1 Å². The highest BCUT2D eigenvalue weighted by atomic mass is 32.2. The van der Waals surface area contributed by atoms with Crippen LogP contribution >= 0.6 is 34.4 Å². The lowest BCUT2D eigenvalue weighted by molar-refractivity contribution is -0.113. The molecule has 1 aliphatic rings. The van der Waals surface area contributed by atoms with Crippen molar-refractivity contribution in [3.63, 3.8) is 0 Å².